The first-order valence-corrected chi connectivity index (χ1v) is 10.2. The molecule has 1 fully saturated rings. The predicted octanol–water partition coefficient (Wildman–Crippen LogP) is 1.00. The number of hydrogen-bond acceptors (Lipinski definition) is 6. The van der Waals surface area contributed by atoms with Gasteiger partial charge in [-0.1, -0.05) is 0 Å². The van der Waals surface area contributed by atoms with Gasteiger partial charge in [0.25, 0.3) is 0 Å². The van der Waals surface area contributed by atoms with Crippen LogP contribution in [0.4, 0.5) is 0 Å². The minimum Gasteiger partial charge on any atom is -0.493 e. The largest absolute Gasteiger partial charge is 0.493 e. The van der Waals surface area contributed by atoms with Gasteiger partial charge in [-0.15, -0.1) is 0 Å². The van der Waals surface area contributed by atoms with Crippen LogP contribution >= 0.6 is 0 Å². The third kappa shape index (κ3) is 4.59. The van der Waals surface area contributed by atoms with E-state index in [9.17, 15) is 13.2 Å². The lowest BCUT2D eigenvalue weighted by Crippen LogP contribution is -2.42. The second-order valence-corrected chi connectivity index (χ2v) is 8.13. The van der Waals surface area contributed by atoms with E-state index in [0.717, 1.165) is 5.56 Å². The third-order valence-corrected chi connectivity index (χ3v) is 5.84. The molecule has 9 heteroatoms. The summed E-state index contributed by atoms with van der Waals surface area (Å²) >= 11 is 0. The molecule has 0 aliphatic carbocycles. The minimum absolute atomic E-state index is 0.0880. The topological polar surface area (TPSA) is 94.2 Å². The van der Waals surface area contributed by atoms with Crippen LogP contribution in [0.5, 0.6) is 17.2 Å². The van der Waals surface area contributed by atoms with Gasteiger partial charge in [0.2, 0.25) is 21.7 Å². The minimum atomic E-state index is -3.19. The normalized spacial score (nSPS) is 16.2. The first-order chi connectivity index (χ1) is 12.3. The molecule has 0 unspecified atom stereocenters. The van der Waals surface area contributed by atoms with E-state index in [4.69, 9.17) is 14.2 Å². The van der Waals surface area contributed by atoms with Gasteiger partial charge in [-0.3, -0.25) is 4.79 Å². The lowest BCUT2D eigenvalue weighted by Gasteiger charge is -2.29. The van der Waals surface area contributed by atoms with Crippen LogP contribution in [-0.4, -0.2) is 59.3 Å². The SMILES string of the molecule is COc1ccc(CNC(=O)C2CCN(S(C)(=O)=O)CC2)c(OC)c1OC. The molecule has 1 amide bonds. The van der Waals surface area contributed by atoms with E-state index in [1.165, 1.54) is 24.8 Å². The smallest absolute Gasteiger partial charge is 0.223 e. The molecule has 0 aromatic heterocycles. The Morgan fingerprint density at radius 1 is 1.12 bits per heavy atom. The van der Waals surface area contributed by atoms with Gasteiger partial charge in [-0.2, -0.15) is 0 Å². The van der Waals surface area contributed by atoms with Gasteiger partial charge in [0.05, 0.1) is 27.6 Å². The highest BCUT2D eigenvalue weighted by atomic mass is 32.2. The Balaban J connectivity index is 2.00. The van der Waals surface area contributed by atoms with E-state index in [0.29, 0.717) is 43.2 Å². The summed E-state index contributed by atoms with van der Waals surface area (Å²) in [5.41, 5.74) is 0.770. The lowest BCUT2D eigenvalue weighted by atomic mass is 9.97. The van der Waals surface area contributed by atoms with Gasteiger partial charge in [0.15, 0.2) is 11.5 Å². The molecule has 146 valence electrons. The van der Waals surface area contributed by atoms with Gasteiger partial charge in [-0.05, 0) is 25.0 Å². The average Bonchev–Trinajstić information content (AvgIpc) is 2.64. The van der Waals surface area contributed by atoms with Crippen LogP contribution in [-0.2, 0) is 21.4 Å². The summed E-state index contributed by atoms with van der Waals surface area (Å²) in [7, 11) is 1.41. The number of carbonyl (C=O) groups is 1. The number of methoxy groups -OCH3 is 3. The van der Waals surface area contributed by atoms with E-state index in [2.05, 4.69) is 5.32 Å². The number of hydrogen-bond donors (Lipinski definition) is 1. The summed E-state index contributed by atoms with van der Waals surface area (Å²) in [6.45, 7) is 1.03. The van der Waals surface area contributed by atoms with E-state index >= 15 is 0 Å². The number of nitrogens with zero attached hydrogens (tertiary/aromatic N) is 1. The maximum atomic E-state index is 12.4. The van der Waals surface area contributed by atoms with E-state index in [1.54, 1.807) is 13.2 Å². The van der Waals surface area contributed by atoms with Crippen LogP contribution in [0.2, 0.25) is 0 Å². The fourth-order valence-corrected chi connectivity index (χ4v) is 3.95. The summed E-state index contributed by atoms with van der Waals surface area (Å²) < 4.78 is 40.5. The first-order valence-electron chi connectivity index (χ1n) is 8.32. The van der Waals surface area contributed by atoms with Gasteiger partial charge >= 0.3 is 0 Å². The molecule has 2 rings (SSSR count). The molecule has 0 saturated carbocycles. The molecule has 1 saturated heterocycles. The molecule has 0 bridgehead atoms. The van der Waals surface area contributed by atoms with Crippen molar-refractivity contribution in [1.29, 1.82) is 0 Å². The average molecular weight is 386 g/mol. The van der Waals surface area contributed by atoms with Crippen molar-refractivity contribution < 1.29 is 27.4 Å². The van der Waals surface area contributed by atoms with Crippen LogP contribution in [0.1, 0.15) is 18.4 Å². The molecule has 0 atom stereocenters. The van der Waals surface area contributed by atoms with Crippen LogP contribution in [0.15, 0.2) is 12.1 Å². The Labute approximate surface area is 154 Å². The molecular formula is C17H26N2O6S. The van der Waals surface area contributed by atoms with Crippen molar-refractivity contribution in [3.8, 4) is 17.2 Å². The summed E-state index contributed by atoms with van der Waals surface area (Å²) in [5.74, 6) is 1.25. The van der Waals surface area contributed by atoms with Crippen LogP contribution in [0.25, 0.3) is 0 Å². The second-order valence-electron chi connectivity index (χ2n) is 6.15. The summed E-state index contributed by atoms with van der Waals surface area (Å²) in [6.07, 6.45) is 2.22. The molecule has 0 spiro atoms. The number of sulfonamides is 1. The number of nitrogens with one attached hydrogen (secondary N) is 1. The molecule has 1 heterocycles. The van der Waals surface area contributed by atoms with Crippen molar-refractivity contribution in [2.24, 2.45) is 5.92 Å². The maximum absolute atomic E-state index is 12.4. The first kappa shape index (κ1) is 20.3. The fraction of sp³-hybridized carbons (Fsp3) is 0.588. The Kier molecular flexibility index (Phi) is 6.71. The Morgan fingerprint density at radius 3 is 2.23 bits per heavy atom. The predicted molar refractivity (Wildman–Crippen MR) is 97.1 cm³/mol. The zero-order valence-electron chi connectivity index (χ0n) is 15.6. The summed E-state index contributed by atoms with van der Waals surface area (Å²) in [4.78, 5) is 12.4. The van der Waals surface area contributed by atoms with Gasteiger partial charge in [0, 0.05) is 31.1 Å². The number of ether oxygens (including phenoxy) is 3. The fourth-order valence-electron chi connectivity index (χ4n) is 3.08. The van der Waals surface area contributed by atoms with Crippen molar-refractivity contribution in [3.63, 3.8) is 0 Å². The van der Waals surface area contributed by atoms with E-state index in [1.807, 2.05) is 6.07 Å². The number of amides is 1. The Bertz CT molecular complexity index is 742. The molecule has 1 aliphatic rings. The highest BCUT2D eigenvalue weighted by Crippen LogP contribution is 2.39. The molecule has 1 N–H and O–H groups in total. The van der Waals surface area contributed by atoms with E-state index < -0.39 is 10.0 Å². The number of benzene rings is 1. The zero-order chi connectivity index (χ0) is 19.3. The van der Waals surface area contributed by atoms with Crippen LogP contribution < -0.4 is 19.5 Å². The van der Waals surface area contributed by atoms with Crippen LogP contribution in [0.3, 0.4) is 0 Å². The monoisotopic (exact) mass is 386 g/mol. The van der Waals surface area contributed by atoms with Crippen molar-refractivity contribution in [1.82, 2.24) is 9.62 Å². The molecular weight excluding hydrogens is 360 g/mol. The van der Waals surface area contributed by atoms with Crippen molar-refractivity contribution in [3.05, 3.63) is 17.7 Å². The number of piperidine rings is 1. The van der Waals surface area contributed by atoms with Crippen LogP contribution in [0, 0.1) is 5.92 Å². The van der Waals surface area contributed by atoms with Gasteiger partial charge in [-0.25, -0.2) is 12.7 Å². The summed E-state index contributed by atoms with van der Waals surface area (Å²) in [6, 6.07) is 3.57. The van der Waals surface area contributed by atoms with Crippen molar-refractivity contribution >= 4 is 15.9 Å². The molecule has 0 radical (unpaired) electrons. The summed E-state index contributed by atoms with van der Waals surface area (Å²) in [5, 5.41) is 2.90. The molecule has 1 aromatic carbocycles. The Morgan fingerprint density at radius 2 is 1.73 bits per heavy atom. The highest BCUT2D eigenvalue weighted by Gasteiger charge is 2.29. The zero-order valence-corrected chi connectivity index (χ0v) is 16.4. The molecule has 1 aromatic rings. The van der Waals surface area contributed by atoms with Gasteiger partial charge in [0.1, 0.15) is 0 Å². The van der Waals surface area contributed by atoms with Gasteiger partial charge < -0.3 is 19.5 Å². The number of carbonyl (C=O) groups excluding carboxylic acids is 1. The third-order valence-electron chi connectivity index (χ3n) is 4.53. The molecule has 26 heavy (non-hydrogen) atoms. The van der Waals surface area contributed by atoms with E-state index in [-0.39, 0.29) is 18.4 Å². The van der Waals surface area contributed by atoms with Crippen molar-refractivity contribution in [2.45, 2.75) is 19.4 Å². The lowest BCUT2D eigenvalue weighted by molar-refractivity contribution is -0.126. The maximum Gasteiger partial charge on any atom is 0.223 e. The quantitative estimate of drug-likeness (QED) is 0.751. The molecule has 8 nitrogen and oxygen atoms in total. The Hall–Kier alpha value is -2.00. The number of rotatable bonds is 7. The highest BCUT2D eigenvalue weighted by molar-refractivity contribution is 7.88. The van der Waals surface area contributed by atoms with Crippen molar-refractivity contribution in [2.75, 3.05) is 40.7 Å². The second kappa shape index (κ2) is 8.59. The molecule has 1 aliphatic heterocycles. The standard InChI is InChI=1S/C17H26N2O6S/c1-23-14-6-5-13(15(24-2)16(14)25-3)11-18-17(20)12-7-9-19(10-8-12)26(4,21)22/h5-6,12H,7-11H2,1-4H3,(H,18,20).